The lowest BCUT2D eigenvalue weighted by Crippen LogP contribution is -2.25. The number of halogens is 2. The van der Waals surface area contributed by atoms with Crippen LogP contribution in [0.2, 0.25) is 0 Å². The third-order valence-corrected chi connectivity index (χ3v) is 4.62. The molecule has 0 bridgehead atoms. The fourth-order valence-electron chi connectivity index (χ4n) is 3.34. The molecule has 1 aromatic carbocycles. The summed E-state index contributed by atoms with van der Waals surface area (Å²) in [6.45, 7) is 5.96. The monoisotopic (exact) mass is 378 g/mol. The van der Waals surface area contributed by atoms with Crippen molar-refractivity contribution >= 4 is 5.91 Å². The van der Waals surface area contributed by atoms with Crippen LogP contribution < -0.4 is 10.1 Å². The second-order valence-electron chi connectivity index (χ2n) is 6.60. The first-order chi connectivity index (χ1) is 13.0. The van der Waals surface area contributed by atoms with Gasteiger partial charge < -0.3 is 10.1 Å². The maximum absolute atomic E-state index is 14.2. The zero-order chi connectivity index (χ0) is 19.4. The van der Waals surface area contributed by atoms with Crippen molar-refractivity contribution in [3.05, 3.63) is 46.8 Å². The summed E-state index contributed by atoms with van der Waals surface area (Å²) in [4.78, 5) is 14.7. The summed E-state index contributed by atoms with van der Waals surface area (Å²) in [5, 5.41) is 7.06. The molecule has 2 heterocycles. The van der Waals surface area contributed by atoms with Crippen LogP contribution in [-0.2, 0) is 19.6 Å². The van der Waals surface area contributed by atoms with Crippen molar-refractivity contribution in [3.8, 4) is 5.75 Å². The summed E-state index contributed by atoms with van der Waals surface area (Å²) in [7, 11) is 1.26. The van der Waals surface area contributed by atoms with Gasteiger partial charge in [0.05, 0.1) is 25.0 Å². The molecule has 2 aromatic rings. The summed E-state index contributed by atoms with van der Waals surface area (Å²) in [5.41, 5.74) is 1.11. The average molecular weight is 378 g/mol. The Labute approximate surface area is 157 Å². The highest BCUT2D eigenvalue weighted by Gasteiger charge is 2.22. The van der Waals surface area contributed by atoms with E-state index >= 15 is 0 Å². The van der Waals surface area contributed by atoms with E-state index in [9.17, 15) is 13.6 Å². The van der Waals surface area contributed by atoms with Crippen LogP contribution >= 0.6 is 0 Å². The first-order valence-corrected chi connectivity index (χ1v) is 9.11. The van der Waals surface area contributed by atoms with Crippen molar-refractivity contribution in [2.24, 2.45) is 0 Å². The second-order valence-corrected chi connectivity index (χ2v) is 6.60. The number of fused-ring (bicyclic) bond motifs is 1. The lowest BCUT2D eigenvalue weighted by molar-refractivity contribution is 0.0941. The van der Waals surface area contributed by atoms with E-state index in [1.54, 1.807) is 0 Å². The van der Waals surface area contributed by atoms with Gasteiger partial charge in [0.2, 0.25) is 0 Å². The van der Waals surface area contributed by atoms with Gasteiger partial charge in [-0.3, -0.25) is 14.4 Å². The van der Waals surface area contributed by atoms with Crippen LogP contribution in [0.4, 0.5) is 8.78 Å². The zero-order valence-corrected chi connectivity index (χ0v) is 15.6. The largest absolute Gasteiger partial charge is 0.494 e. The average Bonchev–Trinajstić information content (AvgIpc) is 2.92. The minimum absolute atomic E-state index is 0.0999. The molecule has 0 radical (unpaired) electrons. The molecular formula is C19H24F2N4O2. The Morgan fingerprint density at radius 1 is 1.33 bits per heavy atom. The van der Waals surface area contributed by atoms with E-state index in [2.05, 4.69) is 22.2 Å². The number of hydrogen-bond donors (Lipinski definition) is 1. The van der Waals surface area contributed by atoms with E-state index in [1.807, 2.05) is 10.7 Å². The molecule has 6 nitrogen and oxygen atoms in total. The van der Waals surface area contributed by atoms with Crippen molar-refractivity contribution in [2.75, 3.05) is 20.2 Å². The van der Waals surface area contributed by atoms with Crippen LogP contribution in [0.1, 0.15) is 41.5 Å². The van der Waals surface area contributed by atoms with Crippen LogP contribution in [0.15, 0.2) is 18.2 Å². The van der Waals surface area contributed by atoms with Crippen LogP contribution in [0.3, 0.4) is 0 Å². The number of carbonyl (C=O) groups is 1. The highest BCUT2D eigenvalue weighted by molar-refractivity contribution is 5.95. The minimum Gasteiger partial charge on any atom is -0.494 e. The molecule has 0 unspecified atom stereocenters. The van der Waals surface area contributed by atoms with E-state index in [4.69, 9.17) is 4.74 Å². The Kier molecular flexibility index (Phi) is 6.05. The molecule has 1 aromatic heterocycles. The maximum atomic E-state index is 14.2. The van der Waals surface area contributed by atoms with Gasteiger partial charge in [-0.2, -0.15) is 5.10 Å². The van der Waals surface area contributed by atoms with Crippen LogP contribution in [-0.4, -0.2) is 40.8 Å². The molecule has 146 valence electrons. The summed E-state index contributed by atoms with van der Waals surface area (Å²) in [6, 6.07) is 4.10. The third-order valence-electron chi connectivity index (χ3n) is 4.62. The number of benzene rings is 1. The van der Waals surface area contributed by atoms with Gasteiger partial charge in [-0.05, 0) is 37.6 Å². The van der Waals surface area contributed by atoms with Gasteiger partial charge >= 0.3 is 0 Å². The summed E-state index contributed by atoms with van der Waals surface area (Å²) in [5.74, 6) is -2.95. The van der Waals surface area contributed by atoms with Gasteiger partial charge in [0.15, 0.2) is 11.6 Å². The quantitative estimate of drug-likeness (QED) is 0.840. The first-order valence-electron chi connectivity index (χ1n) is 9.11. The number of nitrogens with zero attached hydrogens (tertiary/aromatic N) is 3. The van der Waals surface area contributed by atoms with Crippen LogP contribution in [0.25, 0.3) is 0 Å². The lowest BCUT2D eigenvalue weighted by Gasteiger charge is -2.17. The van der Waals surface area contributed by atoms with E-state index in [-0.39, 0.29) is 12.3 Å². The number of nitrogens with one attached hydrogen (secondary N) is 1. The summed E-state index contributed by atoms with van der Waals surface area (Å²) in [6.07, 6.45) is 2.11. The number of carbonyl (C=O) groups excluding carboxylic acids is 1. The topological polar surface area (TPSA) is 59.4 Å². The van der Waals surface area contributed by atoms with Gasteiger partial charge in [0, 0.05) is 19.6 Å². The number of rotatable bonds is 6. The van der Waals surface area contributed by atoms with E-state index in [0.717, 1.165) is 56.8 Å². The fourth-order valence-corrected chi connectivity index (χ4v) is 3.34. The van der Waals surface area contributed by atoms with Gasteiger partial charge in [-0.15, -0.1) is 0 Å². The van der Waals surface area contributed by atoms with Crippen molar-refractivity contribution in [1.82, 2.24) is 20.0 Å². The summed E-state index contributed by atoms with van der Waals surface area (Å²) >= 11 is 0. The SMILES string of the molecule is CCCN1CCCn2nc(CNC(=O)c3c(F)ccc(OC)c3F)cc2C1. The van der Waals surface area contributed by atoms with E-state index in [0.29, 0.717) is 5.69 Å². The number of aromatic nitrogens is 2. The molecular weight excluding hydrogens is 354 g/mol. The molecule has 1 amide bonds. The first kappa shape index (κ1) is 19.3. The predicted octanol–water partition coefficient (Wildman–Crippen LogP) is 2.72. The molecule has 0 atom stereocenters. The number of amides is 1. The maximum Gasteiger partial charge on any atom is 0.257 e. The number of ether oxygens (including phenoxy) is 1. The molecule has 27 heavy (non-hydrogen) atoms. The Balaban J connectivity index is 1.70. The molecule has 0 aliphatic carbocycles. The van der Waals surface area contributed by atoms with Gasteiger partial charge in [0.1, 0.15) is 11.4 Å². The molecule has 1 aliphatic rings. The van der Waals surface area contributed by atoms with Crippen molar-refractivity contribution in [1.29, 1.82) is 0 Å². The van der Waals surface area contributed by atoms with Gasteiger partial charge in [0.25, 0.3) is 5.91 Å². The standard InChI is InChI=1S/C19H24F2N4O2/c1-3-7-24-8-4-9-25-14(12-24)10-13(23-25)11-22-19(26)17-15(20)5-6-16(27-2)18(17)21/h5-6,10H,3-4,7-9,11-12H2,1-2H3,(H,22,26). The summed E-state index contributed by atoms with van der Waals surface area (Å²) < 4.78 is 34.9. The van der Waals surface area contributed by atoms with E-state index < -0.39 is 23.1 Å². The van der Waals surface area contributed by atoms with Gasteiger partial charge in [-0.1, -0.05) is 6.92 Å². The molecule has 1 N–H and O–H groups in total. The van der Waals surface area contributed by atoms with Crippen molar-refractivity contribution in [3.63, 3.8) is 0 Å². The Morgan fingerprint density at radius 3 is 2.89 bits per heavy atom. The van der Waals surface area contributed by atoms with Gasteiger partial charge in [-0.25, -0.2) is 8.78 Å². The molecule has 1 aliphatic heterocycles. The third kappa shape index (κ3) is 4.27. The molecule has 0 saturated heterocycles. The number of aryl methyl sites for hydroxylation is 1. The molecule has 0 spiro atoms. The smallest absolute Gasteiger partial charge is 0.257 e. The Hall–Kier alpha value is -2.48. The molecule has 8 heteroatoms. The molecule has 0 saturated carbocycles. The molecule has 0 fully saturated rings. The van der Waals surface area contributed by atoms with Crippen molar-refractivity contribution in [2.45, 2.75) is 39.4 Å². The van der Waals surface area contributed by atoms with Crippen molar-refractivity contribution < 1.29 is 18.3 Å². The van der Waals surface area contributed by atoms with E-state index in [1.165, 1.54) is 7.11 Å². The number of methoxy groups -OCH3 is 1. The van der Waals surface area contributed by atoms with Crippen LogP contribution in [0, 0.1) is 11.6 Å². The Morgan fingerprint density at radius 2 is 2.15 bits per heavy atom. The Bertz CT molecular complexity index is 822. The predicted molar refractivity (Wildman–Crippen MR) is 96.5 cm³/mol. The normalized spacial score (nSPS) is 14.5. The highest BCUT2D eigenvalue weighted by Crippen LogP contribution is 2.23. The number of hydrogen-bond acceptors (Lipinski definition) is 4. The second kappa shape index (κ2) is 8.47. The highest BCUT2D eigenvalue weighted by atomic mass is 19.1. The molecule has 3 rings (SSSR count). The fraction of sp³-hybridized carbons (Fsp3) is 0.474. The van der Waals surface area contributed by atoms with Crippen LogP contribution in [0.5, 0.6) is 5.75 Å². The zero-order valence-electron chi connectivity index (χ0n) is 15.6. The minimum atomic E-state index is -1.01. The lowest BCUT2D eigenvalue weighted by atomic mass is 10.1.